The monoisotopic (exact) mass is 392 g/mol. The zero-order valence-electron chi connectivity index (χ0n) is 14.1. The molecular weight excluding hydrogens is 377 g/mol. The molecule has 0 aliphatic carbocycles. The van der Waals surface area contributed by atoms with Gasteiger partial charge in [0, 0.05) is 23.2 Å². The van der Waals surface area contributed by atoms with Gasteiger partial charge in [-0.3, -0.25) is 9.20 Å². The number of thioether (sulfide) groups is 1. The van der Waals surface area contributed by atoms with Crippen LogP contribution >= 0.6 is 11.8 Å². The maximum Gasteiger partial charge on any atom is 0.446 e. The molecule has 0 N–H and O–H groups in total. The number of hydrogen-bond donors (Lipinski definition) is 0. The normalized spacial score (nSPS) is 17.6. The number of halogens is 3. The van der Waals surface area contributed by atoms with Gasteiger partial charge in [0.05, 0.1) is 6.04 Å². The lowest BCUT2D eigenvalue weighted by Gasteiger charge is -2.23. The predicted octanol–water partition coefficient (Wildman–Crippen LogP) is 4.32. The molecule has 0 radical (unpaired) electrons. The van der Waals surface area contributed by atoms with Crippen LogP contribution in [-0.4, -0.2) is 37.5 Å². The summed E-state index contributed by atoms with van der Waals surface area (Å²) < 4.78 is 39.2. The zero-order chi connectivity index (χ0) is 19.0. The van der Waals surface area contributed by atoms with Crippen molar-refractivity contribution in [1.29, 1.82) is 0 Å². The van der Waals surface area contributed by atoms with Crippen LogP contribution in [-0.2, 0) is 0 Å². The third-order valence-electron chi connectivity index (χ3n) is 4.49. The Bertz CT molecular complexity index is 971. The van der Waals surface area contributed by atoms with Crippen molar-refractivity contribution in [2.45, 2.75) is 29.3 Å². The number of pyridine rings is 1. The van der Waals surface area contributed by atoms with E-state index in [1.54, 1.807) is 4.90 Å². The quantitative estimate of drug-likeness (QED) is 0.623. The van der Waals surface area contributed by atoms with E-state index in [2.05, 4.69) is 10.2 Å². The number of benzene rings is 1. The first-order valence-electron chi connectivity index (χ1n) is 8.39. The van der Waals surface area contributed by atoms with Crippen LogP contribution in [0.4, 0.5) is 13.2 Å². The van der Waals surface area contributed by atoms with E-state index < -0.39 is 5.51 Å². The summed E-state index contributed by atoms with van der Waals surface area (Å²) in [5, 5.41) is 8.39. The molecule has 4 rings (SSSR count). The van der Waals surface area contributed by atoms with Crippen LogP contribution < -0.4 is 0 Å². The van der Waals surface area contributed by atoms with E-state index in [4.69, 9.17) is 0 Å². The van der Waals surface area contributed by atoms with Crippen molar-refractivity contribution < 1.29 is 18.0 Å². The predicted molar refractivity (Wildman–Crippen MR) is 94.4 cm³/mol. The average molecular weight is 392 g/mol. The van der Waals surface area contributed by atoms with Crippen molar-refractivity contribution in [1.82, 2.24) is 19.5 Å². The third kappa shape index (κ3) is 3.64. The van der Waals surface area contributed by atoms with Crippen LogP contribution in [0.3, 0.4) is 0 Å². The average Bonchev–Trinajstić information content (AvgIpc) is 3.27. The van der Waals surface area contributed by atoms with Gasteiger partial charge in [-0.15, -0.1) is 10.2 Å². The van der Waals surface area contributed by atoms with Crippen molar-refractivity contribution in [3.05, 3.63) is 60.0 Å². The molecule has 140 valence electrons. The molecule has 1 aromatic carbocycles. The van der Waals surface area contributed by atoms with Gasteiger partial charge < -0.3 is 4.90 Å². The van der Waals surface area contributed by atoms with Crippen molar-refractivity contribution in [2.24, 2.45) is 0 Å². The second-order valence-electron chi connectivity index (χ2n) is 6.22. The van der Waals surface area contributed by atoms with Gasteiger partial charge in [0.2, 0.25) is 0 Å². The van der Waals surface area contributed by atoms with Crippen LogP contribution in [0.5, 0.6) is 0 Å². The lowest BCUT2D eigenvalue weighted by molar-refractivity contribution is -0.0328. The topological polar surface area (TPSA) is 50.5 Å². The van der Waals surface area contributed by atoms with Crippen LogP contribution in [0.1, 0.15) is 35.1 Å². The molecule has 1 saturated heterocycles. The second-order valence-corrected chi connectivity index (χ2v) is 7.35. The van der Waals surface area contributed by atoms with Gasteiger partial charge in [-0.1, -0.05) is 6.07 Å². The largest absolute Gasteiger partial charge is 0.446 e. The van der Waals surface area contributed by atoms with E-state index in [0.29, 0.717) is 23.6 Å². The van der Waals surface area contributed by atoms with Gasteiger partial charge in [0.25, 0.3) is 5.91 Å². The first-order valence-corrected chi connectivity index (χ1v) is 9.20. The Hall–Kier alpha value is -2.55. The van der Waals surface area contributed by atoms with Crippen molar-refractivity contribution in [2.75, 3.05) is 6.54 Å². The zero-order valence-corrected chi connectivity index (χ0v) is 14.9. The first-order chi connectivity index (χ1) is 12.9. The molecule has 1 aliphatic rings. The van der Waals surface area contributed by atoms with E-state index in [0.717, 1.165) is 12.8 Å². The fourth-order valence-corrected chi connectivity index (χ4v) is 3.87. The van der Waals surface area contributed by atoms with Crippen LogP contribution in [0.2, 0.25) is 0 Å². The fourth-order valence-electron chi connectivity index (χ4n) is 3.33. The van der Waals surface area contributed by atoms with E-state index in [9.17, 15) is 18.0 Å². The Balaban J connectivity index is 1.57. The summed E-state index contributed by atoms with van der Waals surface area (Å²) in [5.41, 5.74) is -3.28. The minimum Gasteiger partial charge on any atom is -0.328 e. The molecule has 1 fully saturated rings. The van der Waals surface area contributed by atoms with E-state index in [-0.39, 0.29) is 28.6 Å². The van der Waals surface area contributed by atoms with Crippen LogP contribution in [0.15, 0.2) is 53.6 Å². The van der Waals surface area contributed by atoms with Gasteiger partial charge >= 0.3 is 5.51 Å². The Kier molecular flexibility index (Phi) is 4.55. The number of amides is 1. The number of aromatic nitrogens is 3. The highest BCUT2D eigenvalue weighted by Crippen LogP contribution is 2.37. The number of carbonyl (C=O) groups is 1. The Morgan fingerprint density at radius 3 is 2.63 bits per heavy atom. The number of alkyl halides is 3. The highest BCUT2D eigenvalue weighted by molar-refractivity contribution is 8.00. The molecule has 1 amide bonds. The molecule has 2 aromatic heterocycles. The molecule has 0 bridgehead atoms. The molecule has 3 heterocycles. The van der Waals surface area contributed by atoms with Crippen molar-refractivity contribution in [3.63, 3.8) is 0 Å². The van der Waals surface area contributed by atoms with E-state index >= 15 is 0 Å². The van der Waals surface area contributed by atoms with Gasteiger partial charge in [0.1, 0.15) is 0 Å². The molecule has 1 atom stereocenters. The van der Waals surface area contributed by atoms with Gasteiger partial charge in [-0.05, 0) is 61.0 Å². The number of rotatable bonds is 3. The molecule has 1 aliphatic heterocycles. The van der Waals surface area contributed by atoms with Crippen molar-refractivity contribution in [3.8, 4) is 0 Å². The highest BCUT2D eigenvalue weighted by Gasteiger charge is 2.34. The molecule has 0 spiro atoms. The van der Waals surface area contributed by atoms with Crippen LogP contribution in [0, 0.1) is 0 Å². The van der Waals surface area contributed by atoms with Crippen LogP contribution in [0.25, 0.3) is 5.65 Å². The summed E-state index contributed by atoms with van der Waals surface area (Å²) in [6.45, 7) is 0.574. The molecule has 3 aromatic rings. The number of nitrogens with zero attached hydrogens (tertiary/aromatic N) is 4. The standard InChI is InChI=1S/C18H15F3N4OS/c19-18(20,21)27-13-8-6-12(7-9-13)17(26)24-11-3-4-14(24)16-23-22-15-5-1-2-10-25(15)16/h1-2,5-10,14H,3-4,11H2. The number of hydrogen-bond acceptors (Lipinski definition) is 4. The fraction of sp³-hybridized carbons (Fsp3) is 0.278. The summed E-state index contributed by atoms with van der Waals surface area (Å²) in [7, 11) is 0. The lowest BCUT2D eigenvalue weighted by atomic mass is 10.1. The lowest BCUT2D eigenvalue weighted by Crippen LogP contribution is -2.31. The van der Waals surface area contributed by atoms with Crippen molar-refractivity contribution >= 4 is 23.3 Å². The molecule has 0 saturated carbocycles. The Morgan fingerprint density at radius 2 is 1.89 bits per heavy atom. The number of carbonyl (C=O) groups excluding carboxylic acids is 1. The summed E-state index contributed by atoms with van der Waals surface area (Å²) in [6, 6.07) is 10.9. The molecule has 9 heteroatoms. The van der Waals surface area contributed by atoms with Gasteiger partial charge in [-0.2, -0.15) is 13.2 Å². The second kappa shape index (κ2) is 6.88. The minimum atomic E-state index is -4.35. The van der Waals surface area contributed by atoms with E-state index in [1.165, 1.54) is 24.3 Å². The highest BCUT2D eigenvalue weighted by atomic mass is 32.2. The molecule has 1 unspecified atom stereocenters. The van der Waals surface area contributed by atoms with Gasteiger partial charge in [0.15, 0.2) is 11.5 Å². The number of fused-ring (bicyclic) bond motifs is 1. The maximum atomic E-state index is 12.9. The number of likely N-dealkylation sites (tertiary alicyclic amines) is 1. The maximum absolute atomic E-state index is 12.9. The third-order valence-corrected chi connectivity index (χ3v) is 5.23. The first kappa shape index (κ1) is 17.8. The SMILES string of the molecule is O=C(c1ccc(SC(F)(F)F)cc1)N1CCCC1c1nnc2ccccn12. The summed E-state index contributed by atoms with van der Waals surface area (Å²) >= 11 is -0.193. The summed E-state index contributed by atoms with van der Waals surface area (Å²) in [4.78, 5) is 14.7. The molecule has 5 nitrogen and oxygen atoms in total. The molecule has 27 heavy (non-hydrogen) atoms. The summed E-state index contributed by atoms with van der Waals surface area (Å²) in [5.74, 6) is 0.481. The minimum absolute atomic E-state index is 0.0560. The molecular formula is C18H15F3N4OS. The Morgan fingerprint density at radius 1 is 1.11 bits per heavy atom. The Labute approximate surface area is 157 Å². The van der Waals surface area contributed by atoms with E-state index in [1.807, 2.05) is 28.8 Å². The summed E-state index contributed by atoms with van der Waals surface area (Å²) in [6.07, 6.45) is 3.46. The smallest absolute Gasteiger partial charge is 0.328 e. The van der Waals surface area contributed by atoms with Gasteiger partial charge in [-0.25, -0.2) is 0 Å².